The zero-order chi connectivity index (χ0) is 15.3. The van der Waals surface area contributed by atoms with Crippen molar-refractivity contribution in [3.63, 3.8) is 0 Å². The van der Waals surface area contributed by atoms with E-state index in [0.29, 0.717) is 5.02 Å². The number of benzene rings is 1. The van der Waals surface area contributed by atoms with Crippen LogP contribution in [0.3, 0.4) is 0 Å². The lowest BCUT2D eigenvalue weighted by Crippen LogP contribution is -2.37. The summed E-state index contributed by atoms with van der Waals surface area (Å²) in [5.41, 5.74) is 0. The molecule has 0 fully saturated rings. The second-order valence-electron chi connectivity index (χ2n) is 4.28. The molecule has 1 aromatic rings. The largest absolute Gasteiger partial charge is 0.481 e. The van der Waals surface area contributed by atoms with Gasteiger partial charge in [-0.1, -0.05) is 11.6 Å². The average molecular weight is 320 g/mol. The highest BCUT2D eigenvalue weighted by Gasteiger charge is 2.20. The minimum atomic E-state index is -3.77. The fraction of sp³-hybridized carbons (Fsp3) is 0.333. The smallest absolute Gasteiger partial charge is 0.305 e. The maximum Gasteiger partial charge on any atom is 0.305 e. The van der Waals surface area contributed by atoms with Crippen LogP contribution in [-0.4, -0.2) is 37.2 Å². The number of hydrogen-bond acceptors (Lipinski definition) is 4. The van der Waals surface area contributed by atoms with E-state index in [2.05, 4.69) is 5.32 Å². The summed E-state index contributed by atoms with van der Waals surface area (Å²) in [4.78, 5) is 22.0. The third-order valence-corrected chi connectivity index (χ3v) is 4.27. The van der Waals surface area contributed by atoms with Gasteiger partial charge in [0.25, 0.3) is 0 Å². The summed E-state index contributed by atoms with van der Waals surface area (Å²) in [6, 6.07) is 4.82. The van der Waals surface area contributed by atoms with Crippen LogP contribution in [0.2, 0.25) is 5.02 Å². The minimum absolute atomic E-state index is 0.0112. The van der Waals surface area contributed by atoms with Gasteiger partial charge in [-0.25, -0.2) is 8.42 Å². The summed E-state index contributed by atoms with van der Waals surface area (Å²) >= 11 is 5.66. The molecule has 8 heteroatoms. The molecule has 20 heavy (non-hydrogen) atoms. The first-order valence-electron chi connectivity index (χ1n) is 5.70. The number of carboxylic acid groups (broad SMARTS) is 1. The molecule has 2 N–H and O–H groups in total. The lowest BCUT2D eigenvalue weighted by molar-refractivity contribution is -0.137. The summed E-state index contributed by atoms with van der Waals surface area (Å²) in [7, 11) is -3.77. The molecular weight excluding hydrogens is 306 g/mol. The van der Waals surface area contributed by atoms with Crippen LogP contribution in [0.1, 0.15) is 13.3 Å². The molecule has 0 aromatic heterocycles. The molecule has 1 rings (SSSR count). The molecule has 0 saturated heterocycles. The molecule has 1 atom stereocenters. The molecule has 1 unspecified atom stereocenters. The van der Waals surface area contributed by atoms with E-state index in [0.717, 1.165) is 0 Å². The normalized spacial score (nSPS) is 12.7. The molecular formula is C12H14ClNO5S. The van der Waals surface area contributed by atoms with Gasteiger partial charge in [0.2, 0.25) is 5.91 Å². The number of amides is 1. The van der Waals surface area contributed by atoms with Gasteiger partial charge in [-0.3, -0.25) is 9.59 Å². The number of rotatable bonds is 6. The van der Waals surface area contributed by atoms with Crippen LogP contribution in [0.4, 0.5) is 0 Å². The molecule has 0 aliphatic carbocycles. The Labute approximate surface area is 121 Å². The summed E-state index contributed by atoms with van der Waals surface area (Å²) in [6.45, 7) is 1.49. The first-order chi connectivity index (χ1) is 9.20. The lowest BCUT2D eigenvalue weighted by Gasteiger charge is -2.11. The number of sulfone groups is 1. The maximum absolute atomic E-state index is 11.9. The van der Waals surface area contributed by atoms with Crippen molar-refractivity contribution in [2.75, 3.05) is 5.75 Å². The molecule has 0 bridgehead atoms. The monoisotopic (exact) mass is 319 g/mol. The molecule has 0 heterocycles. The van der Waals surface area contributed by atoms with Crippen LogP contribution < -0.4 is 5.32 Å². The molecule has 110 valence electrons. The molecule has 0 aliphatic heterocycles. The summed E-state index contributed by atoms with van der Waals surface area (Å²) in [5.74, 6) is -2.55. The van der Waals surface area contributed by atoms with Gasteiger partial charge in [-0.05, 0) is 31.2 Å². The van der Waals surface area contributed by atoms with Crippen molar-refractivity contribution in [1.82, 2.24) is 5.32 Å². The summed E-state index contributed by atoms with van der Waals surface area (Å²) < 4.78 is 23.9. The summed E-state index contributed by atoms with van der Waals surface area (Å²) in [5, 5.41) is 11.3. The van der Waals surface area contributed by atoms with Crippen LogP contribution in [0.15, 0.2) is 29.2 Å². The fourth-order valence-corrected chi connectivity index (χ4v) is 2.80. The van der Waals surface area contributed by atoms with Crippen LogP contribution in [-0.2, 0) is 19.4 Å². The zero-order valence-corrected chi connectivity index (χ0v) is 12.2. The number of halogens is 1. The van der Waals surface area contributed by atoms with Crippen molar-refractivity contribution in [2.45, 2.75) is 24.3 Å². The third kappa shape index (κ3) is 5.18. The fourth-order valence-electron chi connectivity index (χ4n) is 1.53. The Morgan fingerprint density at radius 1 is 1.30 bits per heavy atom. The van der Waals surface area contributed by atoms with Gasteiger partial charge in [0.15, 0.2) is 9.84 Å². The zero-order valence-electron chi connectivity index (χ0n) is 10.7. The van der Waals surface area contributed by atoms with Gasteiger partial charge in [0.05, 0.1) is 11.3 Å². The number of hydrogen-bond donors (Lipinski definition) is 2. The first-order valence-corrected chi connectivity index (χ1v) is 7.73. The summed E-state index contributed by atoms with van der Waals surface area (Å²) in [6.07, 6.45) is -0.271. The SMILES string of the molecule is CC(CC(=O)O)NC(=O)CS(=O)(=O)c1ccc(Cl)cc1. The highest BCUT2D eigenvalue weighted by Crippen LogP contribution is 2.15. The van der Waals surface area contributed by atoms with Gasteiger partial charge in [0, 0.05) is 11.1 Å². The average Bonchev–Trinajstić information content (AvgIpc) is 2.26. The molecule has 6 nitrogen and oxygen atoms in total. The van der Waals surface area contributed by atoms with Crippen molar-refractivity contribution in [2.24, 2.45) is 0 Å². The molecule has 1 aromatic carbocycles. The van der Waals surface area contributed by atoms with E-state index in [1.165, 1.54) is 31.2 Å². The molecule has 0 spiro atoms. The lowest BCUT2D eigenvalue weighted by atomic mass is 10.2. The Morgan fingerprint density at radius 3 is 2.35 bits per heavy atom. The van der Waals surface area contributed by atoms with Gasteiger partial charge in [-0.15, -0.1) is 0 Å². The Balaban J connectivity index is 2.69. The highest BCUT2D eigenvalue weighted by atomic mass is 35.5. The second-order valence-corrected chi connectivity index (χ2v) is 6.71. The van der Waals surface area contributed by atoms with E-state index < -0.39 is 33.5 Å². The quantitative estimate of drug-likeness (QED) is 0.817. The van der Waals surface area contributed by atoms with E-state index in [4.69, 9.17) is 16.7 Å². The van der Waals surface area contributed by atoms with Crippen molar-refractivity contribution >= 4 is 33.3 Å². The van der Waals surface area contributed by atoms with Crippen LogP contribution >= 0.6 is 11.6 Å². The van der Waals surface area contributed by atoms with Crippen molar-refractivity contribution < 1.29 is 23.1 Å². The molecule has 0 saturated carbocycles. The van der Waals surface area contributed by atoms with Crippen LogP contribution in [0.25, 0.3) is 0 Å². The standard InChI is InChI=1S/C12H14ClNO5S/c1-8(6-12(16)17)14-11(15)7-20(18,19)10-4-2-9(13)3-5-10/h2-5,8H,6-7H2,1H3,(H,14,15)(H,16,17). The number of nitrogens with one attached hydrogen (secondary N) is 1. The van der Waals surface area contributed by atoms with Gasteiger partial charge in [0.1, 0.15) is 5.75 Å². The third-order valence-electron chi connectivity index (χ3n) is 2.38. The topological polar surface area (TPSA) is 101 Å². The second kappa shape index (κ2) is 6.71. The van der Waals surface area contributed by atoms with Gasteiger partial charge in [-0.2, -0.15) is 0 Å². The Kier molecular flexibility index (Phi) is 5.52. The van der Waals surface area contributed by atoms with Crippen molar-refractivity contribution in [3.8, 4) is 0 Å². The molecule has 0 aliphatic rings. The van der Waals surface area contributed by atoms with Crippen molar-refractivity contribution in [1.29, 1.82) is 0 Å². The van der Waals surface area contributed by atoms with Gasteiger partial charge < -0.3 is 10.4 Å². The maximum atomic E-state index is 11.9. The number of aliphatic carboxylic acids is 1. The predicted octanol–water partition coefficient (Wildman–Crippen LogP) is 1.09. The highest BCUT2D eigenvalue weighted by molar-refractivity contribution is 7.92. The van der Waals surface area contributed by atoms with E-state index in [1.54, 1.807) is 0 Å². The number of carbonyl (C=O) groups is 2. The predicted molar refractivity (Wildman–Crippen MR) is 73.4 cm³/mol. The Morgan fingerprint density at radius 2 is 1.85 bits per heavy atom. The van der Waals surface area contributed by atoms with Gasteiger partial charge >= 0.3 is 5.97 Å². The van der Waals surface area contributed by atoms with E-state index in [1.807, 2.05) is 0 Å². The van der Waals surface area contributed by atoms with E-state index >= 15 is 0 Å². The Hall–Kier alpha value is -1.60. The Bertz CT molecular complexity index is 597. The molecule has 1 amide bonds. The van der Waals surface area contributed by atoms with E-state index in [9.17, 15) is 18.0 Å². The molecule has 0 radical (unpaired) electrons. The first kappa shape index (κ1) is 16.5. The number of carbonyl (C=O) groups excluding carboxylic acids is 1. The number of carboxylic acids is 1. The van der Waals surface area contributed by atoms with Crippen LogP contribution in [0.5, 0.6) is 0 Å². The van der Waals surface area contributed by atoms with Crippen LogP contribution in [0, 0.1) is 0 Å². The van der Waals surface area contributed by atoms with Crippen molar-refractivity contribution in [3.05, 3.63) is 29.3 Å². The van der Waals surface area contributed by atoms with E-state index in [-0.39, 0.29) is 11.3 Å². The minimum Gasteiger partial charge on any atom is -0.481 e.